The van der Waals surface area contributed by atoms with E-state index in [9.17, 15) is 0 Å². The van der Waals surface area contributed by atoms with Crippen molar-refractivity contribution in [2.75, 3.05) is 178 Å². The molecule has 0 fully saturated rings. The summed E-state index contributed by atoms with van der Waals surface area (Å²) in [5.41, 5.74) is 0. The highest BCUT2D eigenvalue weighted by molar-refractivity contribution is 6.17. The van der Waals surface area contributed by atoms with Gasteiger partial charge in [-0.3, -0.25) is 0 Å². The summed E-state index contributed by atoms with van der Waals surface area (Å²) in [4.78, 5) is 0. The van der Waals surface area contributed by atoms with Gasteiger partial charge in [0.1, 0.15) is 0 Å². The van der Waals surface area contributed by atoms with Gasteiger partial charge in [-0.15, -0.1) is 11.6 Å². The molecular weight excluding hydrogens is 616 g/mol. The summed E-state index contributed by atoms with van der Waals surface area (Å²) < 4.78 is 70.4. The van der Waals surface area contributed by atoms with E-state index in [0.717, 1.165) is 25.3 Å². The molecule has 0 unspecified atom stereocenters. The van der Waals surface area contributed by atoms with E-state index >= 15 is 0 Å². The van der Waals surface area contributed by atoms with Crippen molar-refractivity contribution in [1.82, 2.24) is 0 Å². The smallest absolute Gasteiger partial charge is 0.0701 e. The molecule has 0 radical (unpaired) electrons. The van der Waals surface area contributed by atoms with Crippen LogP contribution in [0.5, 0.6) is 0 Å². The zero-order valence-corrected chi connectivity index (χ0v) is 28.7. The minimum absolute atomic E-state index is 0.513. The molecular formula is C31H63ClO13. The fraction of sp³-hybridized carbons (Fsp3) is 1.00. The van der Waals surface area contributed by atoms with Crippen LogP contribution in [0.3, 0.4) is 0 Å². The maximum Gasteiger partial charge on any atom is 0.0701 e. The van der Waals surface area contributed by atoms with Crippen LogP contribution in [-0.4, -0.2) is 178 Å². The molecule has 0 bridgehead atoms. The lowest BCUT2D eigenvalue weighted by Crippen LogP contribution is -2.15. The predicted octanol–water partition coefficient (Wildman–Crippen LogP) is 2.63. The summed E-state index contributed by atoms with van der Waals surface area (Å²) in [7, 11) is 1.65. The Kier molecular flexibility index (Phi) is 43.5. The second-order valence-electron chi connectivity index (χ2n) is 9.44. The van der Waals surface area contributed by atoms with Gasteiger partial charge in [-0.05, 0) is 12.8 Å². The zero-order valence-electron chi connectivity index (χ0n) is 27.9. The first-order valence-corrected chi connectivity index (χ1v) is 16.9. The van der Waals surface area contributed by atoms with Crippen LogP contribution in [0.4, 0.5) is 0 Å². The van der Waals surface area contributed by atoms with Crippen molar-refractivity contribution in [2.45, 2.75) is 25.7 Å². The molecule has 14 heteroatoms. The van der Waals surface area contributed by atoms with Gasteiger partial charge >= 0.3 is 0 Å². The standard InChI is InChI=1S/C31H63ClO13/c1-33-8-9-35-12-13-37-16-17-39-20-21-41-24-25-43-28-29-45-31-30-44-27-26-42-23-22-40-19-18-38-15-14-36-11-10-34-7-5-3-2-4-6-32/h2-31H2,1H3. The van der Waals surface area contributed by atoms with Crippen LogP contribution in [0.2, 0.25) is 0 Å². The van der Waals surface area contributed by atoms with Gasteiger partial charge in [-0.25, -0.2) is 0 Å². The van der Waals surface area contributed by atoms with Crippen molar-refractivity contribution < 1.29 is 61.6 Å². The molecule has 0 aliphatic heterocycles. The third-order valence-corrected chi connectivity index (χ3v) is 5.96. The normalized spacial score (nSPS) is 11.6. The summed E-state index contributed by atoms with van der Waals surface area (Å²) in [6.07, 6.45) is 4.50. The van der Waals surface area contributed by atoms with E-state index in [0.29, 0.717) is 159 Å². The van der Waals surface area contributed by atoms with Crippen LogP contribution >= 0.6 is 11.6 Å². The van der Waals surface area contributed by atoms with Crippen molar-refractivity contribution in [3.63, 3.8) is 0 Å². The lowest BCUT2D eigenvalue weighted by molar-refractivity contribution is -0.0287. The Labute approximate surface area is 276 Å². The van der Waals surface area contributed by atoms with Gasteiger partial charge in [0.25, 0.3) is 0 Å². The minimum Gasteiger partial charge on any atom is -0.382 e. The molecule has 0 atom stereocenters. The number of alkyl halides is 1. The van der Waals surface area contributed by atoms with Gasteiger partial charge in [0.15, 0.2) is 0 Å². The average molecular weight is 679 g/mol. The summed E-state index contributed by atoms with van der Waals surface area (Å²) in [6, 6.07) is 0. The SMILES string of the molecule is COCCOCCOCCOCCOCCOCCOCCOCCOCCOCCOCCOCCOCCCCCCCl. The second-order valence-corrected chi connectivity index (χ2v) is 9.82. The maximum atomic E-state index is 5.65. The molecule has 0 aliphatic carbocycles. The molecule has 0 aromatic carbocycles. The third-order valence-electron chi connectivity index (χ3n) is 5.70. The van der Waals surface area contributed by atoms with Gasteiger partial charge in [-0.2, -0.15) is 0 Å². The van der Waals surface area contributed by atoms with E-state index in [1.54, 1.807) is 7.11 Å². The maximum absolute atomic E-state index is 5.65. The van der Waals surface area contributed by atoms with Crippen molar-refractivity contribution in [1.29, 1.82) is 0 Å². The highest BCUT2D eigenvalue weighted by Crippen LogP contribution is 2.01. The van der Waals surface area contributed by atoms with E-state index < -0.39 is 0 Å². The molecule has 272 valence electrons. The van der Waals surface area contributed by atoms with E-state index in [4.69, 9.17) is 73.2 Å². The predicted molar refractivity (Wildman–Crippen MR) is 171 cm³/mol. The first kappa shape index (κ1) is 44.8. The number of hydrogen-bond acceptors (Lipinski definition) is 13. The van der Waals surface area contributed by atoms with Crippen LogP contribution < -0.4 is 0 Å². The van der Waals surface area contributed by atoms with Crippen LogP contribution in [0.25, 0.3) is 0 Å². The first-order chi connectivity index (χ1) is 22.4. The number of rotatable bonds is 42. The molecule has 13 nitrogen and oxygen atoms in total. The van der Waals surface area contributed by atoms with E-state index in [1.807, 2.05) is 0 Å². The Bertz CT molecular complexity index is 470. The summed E-state index contributed by atoms with van der Waals surface area (Å²) in [5, 5.41) is 0. The molecule has 0 amide bonds. The van der Waals surface area contributed by atoms with Crippen molar-refractivity contribution >= 4 is 11.6 Å². The summed E-state index contributed by atoms with van der Waals surface area (Å²) >= 11 is 5.65. The van der Waals surface area contributed by atoms with Gasteiger partial charge in [0.2, 0.25) is 0 Å². The Hall–Kier alpha value is -0.230. The lowest BCUT2D eigenvalue weighted by Gasteiger charge is -2.09. The Morgan fingerprint density at radius 3 is 0.667 bits per heavy atom. The van der Waals surface area contributed by atoms with Gasteiger partial charge < -0.3 is 61.6 Å². The minimum atomic E-state index is 0.513. The molecule has 0 aliphatic rings. The van der Waals surface area contributed by atoms with Crippen LogP contribution in [0, 0.1) is 0 Å². The lowest BCUT2D eigenvalue weighted by atomic mass is 10.2. The first-order valence-electron chi connectivity index (χ1n) is 16.4. The molecule has 0 saturated heterocycles. The molecule has 0 aromatic heterocycles. The molecule has 0 heterocycles. The van der Waals surface area contributed by atoms with Crippen LogP contribution in [0.1, 0.15) is 25.7 Å². The Morgan fingerprint density at radius 2 is 0.444 bits per heavy atom. The number of methoxy groups -OCH3 is 1. The van der Waals surface area contributed by atoms with Crippen LogP contribution in [-0.2, 0) is 61.6 Å². The largest absolute Gasteiger partial charge is 0.382 e. The monoisotopic (exact) mass is 678 g/mol. The van der Waals surface area contributed by atoms with Gasteiger partial charge in [-0.1, -0.05) is 12.8 Å². The Morgan fingerprint density at radius 1 is 0.244 bits per heavy atom. The van der Waals surface area contributed by atoms with Crippen molar-refractivity contribution in [3.8, 4) is 0 Å². The van der Waals surface area contributed by atoms with Gasteiger partial charge in [0.05, 0.1) is 159 Å². The molecule has 0 saturated carbocycles. The topological polar surface area (TPSA) is 120 Å². The zero-order chi connectivity index (χ0) is 32.4. The van der Waals surface area contributed by atoms with Gasteiger partial charge in [0, 0.05) is 19.6 Å². The van der Waals surface area contributed by atoms with E-state index in [1.165, 1.54) is 12.8 Å². The Balaban J connectivity index is 3.03. The van der Waals surface area contributed by atoms with E-state index in [-0.39, 0.29) is 0 Å². The highest BCUT2D eigenvalue weighted by atomic mass is 35.5. The fourth-order valence-electron chi connectivity index (χ4n) is 3.32. The average Bonchev–Trinajstić information content (AvgIpc) is 3.05. The summed E-state index contributed by atoms with van der Waals surface area (Å²) in [5.74, 6) is 0.743. The summed E-state index contributed by atoms with van der Waals surface area (Å²) in [6.45, 7) is 13.7. The third kappa shape index (κ3) is 43.8. The van der Waals surface area contributed by atoms with Crippen LogP contribution in [0.15, 0.2) is 0 Å². The van der Waals surface area contributed by atoms with Crippen molar-refractivity contribution in [2.24, 2.45) is 0 Å². The quantitative estimate of drug-likeness (QED) is 0.0696. The molecule has 0 rings (SSSR count). The second kappa shape index (κ2) is 43.8. The number of ether oxygens (including phenoxy) is 13. The number of unbranched alkanes of at least 4 members (excludes halogenated alkanes) is 3. The molecule has 0 aromatic rings. The molecule has 0 spiro atoms. The molecule has 0 N–H and O–H groups in total. The van der Waals surface area contributed by atoms with E-state index in [2.05, 4.69) is 0 Å². The number of hydrogen-bond donors (Lipinski definition) is 0. The highest BCUT2D eigenvalue weighted by Gasteiger charge is 1.97. The van der Waals surface area contributed by atoms with Crippen molar-refractivity contribution in [3.05, 3.63) is 0 Å². The number of halogens is 1. The molecule has 45 heavy (non-hydrogen) atoms. The fourth-order valence-corrected chi connectivity index (χ4v) is 3.50.